The number of fused-ring (bicyclic) bond motifs is 1. The number of nitrogens with zero attached hydrogens (tertiary/aromatic N) is 3. The van der Waals surface area contributed by atoms with E-state index >= 15 is 0 Å². The van der Waals surface area contributed by atoms with Crippen LogP contribution in [0, 0.1) is 12.3 Å². The fraction of sp³-hybridized carbons (Fsp3) is 0.182. The van der Waals surface area contributed by atoms with Crippen molar-refractivity contribution in [2.45, 2.75) is 13.5 Å². The fourth-order valence-electron chi connectivity index (χ4n) is 3.04. The number of hydrogen-bond donors (Lipinski definition) is 1. The highest BCUT2D eigenvalue weighted by molar-refractivity contribution is 8.18. The first kappa shape index (κ1) is 21.2. The minimum absolute atomic E-state index is 0.0618. The lowest BCUT2D eigenvalue weighted by Gasteiger charge is -2.23. The number of amides is 1. The second-order valence-corrected chi connectivity index (χ2v) is 8.30. The Morgan fingerprint density at radius 1 is 1.19 bits per heavy atom. The number of nitrogens with one attached hydrogen (secondary N) is 1. The molecular weight excluding hydrogens is 432 g/mol. The fourth-order valence-corrected chi connectivity index (χ4v) is 4.49. The minimum Gasteiger partial charge on any atom is -0.493 e. The molecule has 31 heavy (non-hydrogen) atoms. The van der Waals surface area contributed by atoms with Crippen LogP contribution in [-0.2, 0) is 11.4 Å². The number of aryl methyl sites for hydroxylation is 1. The van der Waals surface area contributed by atoms with Gasteiger partial charge in [-0.1, -0.05) is 47.7 Å². The Kier molecular flexibility index (Phi) is 6.15. The molecule has 0 atom stereocenters. The van der Waals surface area contributed by atoms with Gasteiger partial charge in [0.1, 0.15) is 12.4 Å². The van der Waals surface area contributed by atoms with Crippen LogP contribution >= 0.6 is 23.7 Å². The molecule has 0 aromatic heterocycles. The average Bonchev–Trinajstić information content (AvgIpc) is 3.19. The SMILES string of the molecule is COc1cc(/C=C2/C(=N)N3C(SC)=NSC3=NC2=O)ccc1OCc1ccc(C)cc1. The molecule has 0 spiro atoms. The van der Waals surface area contributed by atoms with Crippen molar-refractivity contribution in [3.05, 3.63) is 64.7 Å². The van der Waals surface area contributed by atoms with E-state index < -0.39 is 5.91 Å². The Hall–Kier alpha value is -3.04. The zero-order valence-corrected chi connectivity index (χ0v) is 18.8. The van der Waals surface area contributed by atoms with Crippen LogP contribution < -0.4 is 9.47 Å². The Morgan fingerprint density at radius 3 is 2.68 bits per heavy atom. The first-order chi connectivity index (χ1) is 15.0. The Balaban J connectivity index is 1.56. The van der Waals surface area contributed by atoms with Crippen LogP contribution in [0.5, 0.6) is 11.5 Å². The predicted octanol–water partition coefficient (Wildman–Crippen LogP) is 4.52. The van der Waals surface area contributed by atoms with Gasteiger partial charge in [-0.05, 0) is 42.5 Å². The molecule has 1 amide bonds. The van der Waals surface area contributed by atoms with E-state index in [-0.39, 0.29) is 11.4 Å². The predicted molar refractivity (Wildman–Crippen MR) is 127 cm³/mol. The Morgan fingerprint density at radius 2 is 1.97 bits per heavy atom. The number of hydrogen-bond acceptors (Lipinski definition) is 7. The summed E-state index contributed by atoms with van der Waals surface area (Å²) in [6.45, 7) is 2.46. The minimum atomic E-state index is -0.458. The van der Waals surface area contributed by atoms with Crippen molar-refractivity contribution in [3.8, 4) is 11.5 Å². The number of thioether (sulfide) groups is 1. The highest BCUT2D eigenvalue weighted by Crippen LogP contribution is 2.33. The Bertz CT molecular complexity index is 1140. The third-order valence-corrected chi connectivity index (χ3v) is 6.15. The van der Waals surface area contributed by atoms with Gasteiger partial charge >= 0.3 is 0 Å². The molecule has 2 aromatic carbocycles. The molecule has 0 fully saturated rings. The van der Waals surface area contributed by atoms with Crippen LogP contribution in [0.1, 0.15) is 16.7 Å². The number of rotatable bonds is 5. The van der Waals surface area contributed by atoms with Crippen molar-refractivity contribution in [1.82, 2.24) is 4.90 Å². The van der Waals surface area contributed by atoms with Crippen LogP contribution in [0.2, 0.25) is 0 Å². The summed E-state index contributed by atoms with van der Waals surface area (Å²) < 4.78 is 15.7. The summed E-state index contributed by atoms with van der Waals surface area (Å²) in [6, 6.07) is 13.5. The van der Waals surface area contributed by atoms with Crippen molar-refractivity contribution < 1.29 is 14.3 Å². The molecule has 0 radical (unpaired) electrons. The second-order valence-electron chi connectivity index (χ2n) is 6.80. The van der Waals surface area contributed by atoms with Crippen molar-refractivity contribution in [1.29, 1.82) is 5.41 Å². The van der Waals surface area contributed by atoms with Gasteiger partial charge in [0.2, 0.25) is 5.17 Å². The van der Waals surface area contributed by atoms with Gasteiger partial charge in [0.25, 0.3) is 5.91 Å². The van der Waals surface area contributed by atoms with Gasteiger partial charge in [0.05, 0.1) is 24.6 Å². The summed E-state index contributed by atoms with van der Waals surface area (Å²) in [6.07, 6.45) is 3.51. The van der Waals surface area contributed by atoms with E-state index in [0.717, 1.165) is 17.5 Å². The summed E-state index contributed by atoms with van der Waals surface area (Å²) in [7, 11) is 1.57. The molecule has 2 aromatic rings. The van der Waals surface area contributed by atoms with E-state index in [4.69, 9.17) is 14.9 Å². The van der Waals surface area contributed by atoms with E-state index in [1.165, 1.54) is 17.3 Å². The summed E-state index contributed by atoms with van der Waals surface area (Å²) in [5.74, 6) is 0.749. The van der Waals surface area contributed by atoms with Crippen molar-refractivity contribution in [2.24, 2.45) is 9.39 Å². The molecule has 2 heterocycles. The van der Waals surface area contributed by atoms with E-state index in [1.54, 1.807) is 30.2 Å². The number of aliphatic imine (C=N–C) groups is 1. The highest BCUT2D eigenvalue weighted by atomic mass is 32.2. The first-order valence-corrected chi connectivity index (χ1v) is 11.4. The molecule has 2 aliphatic rings. The number of ether oxygens (including phenoxy) is 2. The van der Waals surface area contributed by atoms with Crippen LogP contribution in [0.4, 0.5) is 0 Å². The van der Waals surface area contributed by atoms with Crippen LogP contribution in [0.15, 0.2) is 57.4 Å². The van der Waals surface area contributed by atoms with Crippen molar-refractivity contribution in [3.63, 3.8) is 0 Å². The van der Waals surface area contributed by atoms with Crippen LogP contribution in [0.25, 0.3) is 6.08 Å². The molecular formula is C22H20N4O3S2. The maximum atomic E-state index is 12.5. The normalized spacial score (nSPS) is 16.9. The van der Waals surface area contributed by atoms with Gasteiger partial charge in [-0.3, -0.25) is 10.2 Å². The molecule has 0 unspecified atom stereocenters. The first-order valence-electron chi connectivity index (χ1n) is 9.39. The zero-order valence-electron chi connectivity index (χ0n) is 17.2. The molecule has 158 valence electrons. The number of carbonyl (C=O) groups is 1. The Labute approximate surface area is 188 Å². The summed E-state index contributed by atoms with van der Waals surface area (Å²) in [5, 5.41) is 9.54. The van der Waals surface area contributed by atoms with E-state index in [1.807, 2.05) is 43.5 Å². The molecule has 2 aliphatic heterocycles. The van der Waals surface area contributed by atoms with E-state index in [9.17, 15) is 4.79 Å². The third kappa shape index (κ3) is 4.38. The molecule has 7 nitrogen and oxygen atoms in total. The second kappa shape index (κ2) is 8.99. The molecule has 0 aliphatic carbocycles. The topological polar surface area (TPSA) is 87.3 Å². The smallest absolute Gasteiger partial charge is 0.283 e. The maximum absolute atomic E-state index is 12.5. The number of benzene rings is 2. The molecule has 0 bridgehead atoms. The standard InChI is InChI=1S/C22H20N4O3S2/c1-13-4-6-14(7-5-13)12-29-17-9-8-15(11-18(17)28-2)10-16-19(23)26-21(24-20(16)27)31-25-22(26)30-3/h4-11,23H,12H2,1-3H3/b16-10-,23-19?. The van der Waals surface area contributed by atoms with Gasteiger partial charge in [0.15, 0.2) is 16.7 Å². The maximum Gasteiger partial charge on any atom is 0.283 e. The van der Waals surface area contributed by atoms with E-state index in [0.29, 0.717) is 34.0 Å². The lowest BCUT2D eigenvalue weighted by atomic mass is 10.1. The third-order valence-electron chi connectivity index (χ3n) is 4.69. The van der Waals surface area contributed by atoms with Gasteiger partial charge in [-0.15, -0.1) is 0 Å². The van der Waals surface area contributed by atoms with Crippen LogP contribution in [-0.4, -0.2) is 40.3 Å². The number of methoxy groups -OCH3 is 1. The average molecular weight is 453 g/mol. The molecule has 1 N–H and O–H groups in total. The highest BCUT2D eigenvalue weighted by Gasteiger charge is 2.36. The summed E-state index contributed by atoms with van der Waals surface area (Å²) >= 11 is 2.51. The van der Waals surface area contributed by atoms with Crippen molar-refractivity contribution in [2.75, 3.05) is 13.4 Å². The van der Waals surface area contributed by atoms with Gasteiger partial charge in [0, 0.05) is 0 Å². The van der Waals surface area contributed by atoms with E-state index in [2.05, 4.69) is 9.39 Å². The molecule has 0 saturated carbocycles. The van der Waals surface area contributed by atoms with Gasteiger partial charge < -0.3 is 9.47 Å². The lowest BCUT2D eigenvalue weighted by Crippen LogP contribution is -2.41. The summed E-state index contributed by atoms with van der Waals surface area (Å²) in [4.78, 5) is 18.2. The number of amidine groups is 3. The van der Waals surface area contributed by atoms with Gasteiger partial charge in [-0.2, -0.15) is 9.39 Å². The lowest BCUT2D eigenvalue weighted by molar-refractivity contribution is -0.114. The zero-order chi connectivity index (χ0) is 22.0. The van der Waals surface area contributed by atoms with Gasteiger partial charge in [-0.25, -0.2) is 4.90 Å². The quantitative estimate of drug-likeness (QED) is 0.530. The largest absolute Gasteiger partial charge is 0.493 e. The van der Waals surface area contributed by atoms with Crippen LogP contribution in [0.3, 0.4) is 0 Å². The molecule has 4 rings (SSSR count). The molecule has 0 saturated heterocycles. The number of carbonyl (C=O) groups excluding carboxylic acids is 1. The molecule has 9 heteroatoms. The monoisotopic (exact) mass is 452 g/mol. The van der Waals surface area contributed by atoms with Crippen molar-refractivity contribution >= 4 is 51.9 Å². The summed E-state index contributed by atoms with van der Waals surface area (Å²) in [5.41, 5.74) is 3.16.